The maximum absolute atomic E-state index is 8.69. The fourth-order valence-electron chi connectivity index (χ4n) is 2.31. The van der Waals surface area contributed by atoms with Gasteiger partial charge in [-0.05, 0) is 31.2 Å². The lowest BCUT2D eigenvalue weighted by Crippen LogP contribution is -2.33. The molecule has 1 aromatic carbocycles. The highest BCUT2D eigenvalue weighted by atomic mass is 16.4. The number of aromatic nitrogens is 1. The molecule has 5 nitrogen and oxygen atoms in total. The van der Waals surface area contributed by atoms with Gasteiger partial charge in [-0.25, -0.2) is 0 Å². The highest BCUT2D eigenvalue weighted by Gasteiger charge is 2.10. The Balaban J connectivity index is 2.32. The van der Waals surface area contributed by atoms with E-state index in [0.29, 0.717) is 6.54 Å². The monoisotopic (exact) mass is 272 g/mol. The van der Waals surface area contributed by atoms with Crippen molar-refractivity contribution in [2.45, 2.75) is 20.4 Å². The number of fused-ring (bicyclic) bond motifs is 1. The lowest BCUT2D eigenvalue weighted by Gasteiger charge is -2.20. The van der Waals surface area contributed by atoms with Crippen molar-refractivity contribution in [2.75, 3.05) is 13.1 Å². The van der Waals surface area contributed by atoms with Gasteiger partial charge in [-0.3, -0.25) is 9.88 Å². The molecule has 1 aromatic heterocycles. The molecule has 0 fully saturated rings. The van der Waals surface area contributed by atoms with E-state index in [2.05, 4.69) is 34.1 Å². The topological polar surface area (TPSA) is 74.7 Å². The molecule has 0 bridgehead atoms. The molecule has 0 unspecified atom stereocenters. The Morgan fingerprint density at radius 3 is 2.85 bits per heavy atom. The Hall–Kier alpha value is -2.14. The molecule has 0 radical (unpaired) electrons. The molecule has 0 atom stereocenters. The average molecular weight is 272 g/mol. The number of likely N-dealkylation sites (N-methyl/N-ethyl adjacent to an activating group) is 1. The lowest BCUT2D eigenvalue weighted by molar-refractivity contribution is 0.295. The molecule has 0 saturated heterocycles. The summed E-state index contributed by atoms with van der Waals surface area (Å²) in [6.07, 6.45) is 0. The summed E-state index contributed by atoms with van der Waals surface area (Å²) in [6, 6.07) is 10.2. The first-order chi connectivity index (χ1) is 9.63. The van der Waals surface area contributed by atoms with E-state index in [4.69, 9.17) is 10.9 Å². The normalized spacial score (nSPS) is 12.2. The molecular formula is C15H20N4O. The number of nitrogens with two attached hydrogens (primary N) is 1. The summed E-state index contributed by atoms with van der Waals surface area (Å²) >= 11 is 0. The molecule has 2 aromatic rings. The van der Waals surface area contributed by atoms with Crippen LogP contribution in [0.5, 0.6) is 0 Å². The first-order valence-electron chi connectivity index (χ1n) is 6.68. The first kappa shape index (κ1) is 14.3. The Morgan fingerprint density at radius 2 is 2.15 bits per heavy atom. The molecule has 5 heteroatoms. The zero-order chi connectivity index (χ0) is 14.5. The molecule has 0 aliphatic heterocycles. The fraction of sp³-hybridized carbons (Fsp3) is 0.333. The van der Waals surface area contributed by atoms with Crippen molar-refractivity contribution in [2.24, 2.45) is 10.9 Å². The highest BCUT2D eigenvalue weighted by Crippen LogP contribution is 2.19. The van der Waals surface area contributed by atoms with Gasteiger partial charge in [0.2, 0.25) is 0 Å². The molecule has 0 aliphatic carbocycles. The van der Waals surface area contributed by atoms with Gasteiger partial charge in [0, 0.05) is 17.6 Å². The van der Waals surface area contributed by atoms with Crippen LogP contribution < -0.4 is 5.73 Å². The largest absolute Gasteiger partial charge is 0.409 e. The molecule has 20 heavy (non-hydrogen) atoms. The number of pyridine rings is 1. The number of aryl methyl sites for hydroxylation is 1. The first-order valence-corrected chi connectivity index (χ1v) is 6.68. The number of benzene rings is 1. The second-order valence-corrected chi connectivity index (χ2v) is 4.83. The molecule has 106 valence electrons. The molecular weight excluding hydrogens is 252 g/mol. The van der Waals surface area contributed by atoms with Gasteiger partial charge in [-0.1, -0.05) is 30.3 Å². The molecule has 3 N–H and O–H groups in total. The van der Waals surface area contributed by atoms with E-state index in [9.17, 15) is 0 Å². The highest BCUT2D eigenvalue weighted by molar-refractivity contribution is 5.83. The van der Waals surface area contributed by atoms with Gasteiger partial charge in [0.05, 0.1) is 12.1 Å². The van der Waals surface area contributed by atoms with Crippen LogP contribution >= 0.6 is 0 Å². The van der Waals surface area contributed by atoms with Crippen LogP contribution in [0.4, 0.5) is 0 Å². The minimum absolute atomic E-state index is 0.224. The van der Waals surface area contributed by atoms with Gasteiger partial charge in [-0.2, -0.15) is 0 Å². The third-order valence-electron chi connectivity index (χ3n) is 3.29. The van der Waals surface area contributed by atoms with Gasteiger partial charge >= 0.3 is 0 Å². The molecule has 1 heterocycles. The van der Waals surface area contributed by atoms with Crippen molar-refractivity contribution in [1.82, 2.24) is 9.88 Å². The number of amidine groups is 1. The quantitative estimate of drug-likeness (QED) is 0.378. The molecule has 0 spiro atoms. The van der Waals surface area contributed by atoms with E-state index < -0.39 is 0 Å². The second kappa shape index (κ2) is 6.34. The third kappa shape index (κ3) is 3.24. The predicted molar refractivity (Wildman–Crippen MR) is 80.8 cm³/mol. The summed E-state index contributed by atoms with van der Waals surface area (Å²) in [6.45, 7) is 6.07. The number of hydrogen-bond acceptors (Lipinski definition) is 4. The zero-order valence-corrected chi connectivity index (χ0v) is 11.9. The SMILES string of the molecule is CCN(CC(N)=NO)Cc1cc(C)nc2ccccc12. The third-order valence-corrected chi connectivity index (χ3v) is 3.29. The maximum Gasteiger partial charge on any atom is 0.153 e. The molecule has 0 aliphatic rings. The van der Waals surface area contributed by atoms with E-state index in [0.717, 1.165) is 29.7 Å². The summed E-state index contributed by atoms with van der Waals surface area (Å²) in [7, 11) is 0. The summed E-state index contributed by atoms with van der Waals surface area (Å²) in [5.41, 5.74) is 8.80. The van der Waals surface area contributed by atoms with Crippen molar-refractivity contribution < 1.29 is 5.21 Å². The van der Waals surface area contributed by atoms with E-state index in [1.807, 2.05) is 25.1 Å². The minimum atomic E-state index is 0.224. The standard InChI is InChI=1S/C15H20N4O/c1-3-19(10-15(16)18-20)9-12-8-11(2)17-14-7-5-4-6-13(12)14/h4-8,20H,3,9-10H2,1-2H3,(H2,16,18). The van der Waals surface area contributed by atoms with Crippen LogP contribution in [0.25, 0.3) is 10.9 Å². The van der Waals surface area contributed by atoms with Gasteiger partial charge in [-0.15, -0.1) is 0 Å². The lowest BCUT2D eigenvalue weighted by atomic mass is 10.1. The summed E-state index contributed by atoms with van der Waals surface area (Å²) in [5.74, 6) is 0.224. The maximum atomic E-state index is 8.69. The van der Waals surface area contributed by atoms with Crippen molar-refractivity contribution in [3.05, 3.63) is 41.6 Å². The van der Waals surface area contributed by atoms with Crippen LogP contribution in [-0.2, 0) is 6.54 Å². The molecule has 2 rings (SSSR count). The van der Waals surface area contributed by atoms with Crippen molar-refractivity contribution in [3.8, 4) is 0 Å². The number of rotatable bonds is 5. The second-order valence-electron chi connectivity index (χ2n) is 4.83. The average Bonchev–Trinajstić information content (AvgIpc) is 2.46. The fourth-order valence-corrected chi connectivity index (χ4v) is 2.31. The Morgan fingerprint density at radius 1 is 1.40 bits per heavy atom. The van der Waals surface area contributed by atoms with Crippen LogP contribution in [0.3, 0.4) is 0 Å². The summed E-state index contributed by atoms with van der Waals surface area (Å²) < 4.78 is 0. The van der Waals surface area contributed by atoms with Crippen LogP contribution in [0.15, 0.2) is 35.5 Å². The molecule has 0 amide bonds. The van der Waals surface area contributed by atoms with Gasteiger partial charge < -0.3 is 10.9 Å². The van der Waals surface area contributed by atoms with Crippen LogP contribution in [0.2, 0.25) is 0 Å². The van der Waals surface area contributed by atoms with Crippen molar-refractivity contribution in [1.29, 1.82) is 0 Å². The number of oxime groups is 1. The Kier molecular flexibility index (Phi) is 4.53. The van der Waals surface area contributed by atoms with Crippen LogP contribution in [0, 0.1) is 6.92 Å². The van der Waals surface area contributed by atoms with Gasteiger partial charge in [0.1, 0.15) is 0 Å². The van der Waals surface area contributed by atoms with Gasteiger partial charge in [0.15, 0.2) is 5.84 Å². The van der Waals surface area contributed by atoms with Crippen molar-refractivity contribution >= 4 is 16.7 Å². The number of para-hydroxylation sites is 1. The summed E-state index contributed by atoms with van der Waals surface area (Å²) in [5, 5.41) is 12.9. The number of nitrogens with zero attached hydrogens (tertiary/aromatic N) is 3. The number of hydrogen-bond donors (Lipinski definition) is 2. The van der Waals surface area contributed by atoms with Crippen LogP contribution in [0.1, 0.15) is 18.2 Å². The van der Waals surface area contributed by atoms with Gasteiger partial charge in [0.25, 0.3) is 0 Å². The summed E-state index contributed by atoms with van der Waals surface area (Å²) in [4.78, 5) is 6.66. The smallest absolute Gasteiger partial charge is 0.153 e. The Bertz CT molecular complexity index is 624. The van der Waals surface area contributed by atoms with Crippen LogP contribution in [-0.4, -0.2) is 34.0 Å². The predicted octanol–water partition coefficient (Wildman–Crippen LogP) is 2.11. The minimum Gasteiger partial charge on any atom is -0.409 e. The van der Waals surface area contributed by atoms with Crippen molar-refractivity contribution in [3.63, 3.8) is 0 Å². The van der Waals surface area contributed by atoms with E-state index in [1.54, 1.807) is 0 Å². The van der Waals surface area contributed by atoms with E-state index in [1.165, 1.54) is 5.56 Å². The zero-order valence-electron chi connectivity index (χ0n) is 11.9. The van der Waals surface area contributed by atoms with E-state index in [-0.39, 0.29) is 5.84 Å². The van der Waals surface area contributed by atoms with E-state index >= 15 is 0 Å². The molecule has 0 saturated carbocycles. The Labute approximate surface area is 118 Å².